The Balaban J connectivity index is 1.79. The lowest BCUT2D eigenvalue weighted by Gasteiger charge is -2.42. The summed E-state index contributed by atoms with van der Waals surface area (Å²) in [5, 5.41) is 3.75. The number of nitrogens with one attached hydrogen (secondary N) is 1. The van der Waals surface area contributed by atoms with Crippen molar-refractivity contribution in [2.45, 2.75) is 49.7 Å². The zero-order valence-electron chi connectivity index (χ0n) is 15.7. The zero-order chi connectivity index (χ0) is 20.0. The Hall–Kier alpha value is -0.860. The van der Waals surface area contributed by atoms with E-state index in [0.29, 0.717) is 25.9 Å². The normalized spacial score (nSPS) is 24.6. The SMILES string of the molecule is CC[C@H](C)[C@@H]1NC2(CCN(S(=O)(=O)c3cccc(Cl)c3Cl)CC2)N(C)C1=O. The lowest BCUT2D eigenvalue weighted by atomic mass is 9.96. The van der Waals surface area contributed by atoms with Gasteiger partial charge < -0.3 is 4.90 Å². The smallest absolute Gasteiger partial charge is 0.244 e. The molecule has 1 N–H and O–H groups in total. The molecule has 2 aliphatic rings. The van der Waals surface area contributed by atoms with Crippen LogP contribution in [-0.2, 0) is 14.8 Å². The fourth-order valence-electron chi connectivity index (χ4n) is 3.89. The van der Waals surface area contributed by atoms with Crippen LogP contribution < -0.4 is 5.32 Å². The molecule has 2 heterocycles. The highest BCUT2D eigenvalue weighted by Gasteiger charge is 2.51. The summed E-state index contributed by atoms with van der Waals surface area (Å²) in [6.07, 6.45) is 1.96. The van der Waals surface area contributed by atoms with Gasteiger partial charge in [-0.3, -0.25) is 10.1 Å². The monoisotopic (exact) mass is 433 g/mol. The molecule has 6 nitrogen and oxygen atoms in total. The lowest BCUT2D eigenvalue weighted by molar-refractivity contribution is -0.132. The lowest BCUT2D eigenvalue weighted by Crippen LogP contribution is -2.58. The maximum Gasteiger partial charge on any atom is 0.244 e. The zero-order valence-corrected chi connectivity index (χ0v) is 18.0. The number of piperidine rings is 1. The van der Waals surface area contributed by atoms with E-state index in [0.717, 1.165) is 6.42 Å². The van der Waals surface area contributed by atoms with Gasteiger partial charge >= 0.3 is 0 Å². The van der Waals surface area contributed by atoms with Crippen LogP contribution in [0.4, 0.5) is 0 Å². The van der Waals surface area contributed by atoms with Crippen LogP contribution in [0.2, 0.25) is 10.0 Å². The Morgan fingerprint density at radius 3 is 2.52 bits per heavy atom. The Bertz CT molecular complexity index is 838. The molecule has 1 amide bonds. The second kappa shape index (κ2) is 7.52. The molecule has 0 radical (unpaired) electrons. The number of halogens is 2. The number of nitrogens with zero attached hydrogens (tertiary/aromatic N) is 2. The summed E-state index contributed by atoms with van der Waals surface area (Å²) in [7, 11) is -1.94. The third-order valence-electron chi connectivity index (χ3n) is 5.96. The summed E-state index contributed by atoms with van der Waals surface area (Å²) < 4.78 is 27.4. The van der Waals surface area contributed by atoms with E-state index in [1.54, 1.807) is 24.1 Å². The standard InChI is InChI=1S/C18H25Cl2N3O3S/c1-4-12(2)16-17(24)22(3)18(21-16)8-10-23(11-9-18)27(25,26)14-7-5-6-13(19)15(14)20/h5-7,12,16,21H,4,8-11H2,1-3H3/t12-,16-/m0/s1. The third kappa shape index (κ3) is 3.49. The molecule has 1 spiro atoms. The number of hydrogen-bond donors (Lipinski definition) is 1. The molecule has 0 aromatic heterocycles. The van der Waals surface area contributed by atoms with E-state index < -0.39 is 15.7 Å². The van der Waals surface area contributed by atoms with Crippen LogP contribution in [0.5, 0.6) is 0 Å². The predicted octanol–water partition coefficient (Wildman–Crippen LogP) is 2.95. The van der Waals surface area contributed by atoms with Gasteiger partial charge in [0.1, 0.15) is 4.90 Å². The van der Waals surface area contributed by atoms with Gasteiger partial charge in [0.2, 0.25) is 15.9 Å². The van der Waals surface area contributed by atoms with Crippen LogP contribution in [0.1, 0.15) is 33.1 Å². The molecule has 2 fully saturated rings. The van der Waals surface area contributed by atoms with Crippen LogP contribution in [0.25, 0.3) is 0 Å². The van der Waals surface area contributed by atoms with Crippen LogP contribution in [0.15, 0.2) is 23.1 Å². The van der Waals surface area contributed by atoms with Gasteiger partial charge in [-0.25, -0.2) is 8.42 Å². The average Bonchev–Trinajstić information content (AvgIpc) is 2.89. The molecule has 1 aromatic carbocycles. The minimum Gasteiger partial charge on any atom is -0.326 e. The highest BCUT2D eigenvalue weighted by molar-refractivity contribution is 7.89. The van der Waals surface area contributed by atoms with Crippen molar-refractivity contribution in [3.8, 4) is 0 Å². The highest BCUT2D eigenvalue weighted by atomic mass is 35.5. The van der Waals surface area contributed by atoms with Gasteiger partial charge in [0.05, 0.1) is 21.7 Å². The molecule has 2 atom stereocenters. The Morgan fingerprint density at radius 2 is 1.93 bits per heavy atom. The van der Waals surface area contributed by atoms with Gasteiger partial charge in [0.15, 0.2) is 0 Å². The van der Waals surface area contributed by atoms with E-state index in [1.807, 2.05) is 0 Å². The minimum atomic E-state index is -3.74. The van der Waals surface area contributed by atoms with Crippen molar-refractivity contribution in [3.63, 3.8) is 0 Å². The maximum atomic E-state index is 13.0. The summed E-state index contributed by atoms with van der Waals surface area (Å²) in [5.74, 6) is 0.310. The van der Waals surface area contributed by atoms with Crippen LogP contribution in [0, 0.1) is 5.92 Å². The molecule has 150 valence electrons. The number of amides is 1. The fraction of sp³-hybridized carbons (Fsp3) is 0.611. The molecule has 2 saturated heterocycles. The molecule has 9 heteroatoms. The van der Waals surface area contributed by atoms with Crippen molar-refractivity contribution in [1.82, 2.24) is 14.5 Å². The van der Waals surface area contributed by atoms with Crippen molar-refractivity contribution in [2.24, 2.45) is 5.92 Å². The number of benzene rings is 1. The maximum absolute atomic E-state index is 13.0. The first kappa shape index (κ1) is 20.9. The van der Waals surface area contributed by atoms with Gasteiger partial charge in [-0.2, -0.15) is 4.31 Å². The predicted molar refractivity (Wildman–Crippen MR) is 106 cm³/mol. The Labute approximate surface area is 170 Å². The molecule has 1 aromatic rings. The van der Waals surface area contributed by atoms with Gasteiger partial charge in [0.25, 0.3) is 0 Å². The summed E-state index contributed by atoms with van der Waals surface area (Å²) in [5.41, 5.74) is -0.491. The number of hydrogen-bond acceptors (Lipinski definition) is 4. The minimum absolute atomic E-state index is 0.0221. The van der Waals surface area contributed by atoms with E-state index >= 15 is 0 Å². The largest absolute Gasteiger partial charge is 0.326 e. The molecule has 0 bridgehead atoms. The summed E-state index contributed by atoms with van der Waals surface area (Å²) >= 11 is 12.1. The second-order valence-corrected chi connectivity index (χ2v) is 10.1. The van der Waals surface area contributed by atoms with Crippen LogP contribution in [0.3, 0.4) is 0 Å². The molecule has 0 unspecified atom stereocenters. The van der Waals surface area contributed by atoms with E-state index in [9.17, 15) is 13.2 Å². The topological polar surface area (TPSA) is 69.7 Å². The summed E-state index contributed by atoms with van der Waals surface area (Å²) in [6.45, 7) is 4.74. The summed E-state index contributed by atoms with van der Waals surface area (Å²) in [4.78, 5) is 14.4. The molecule has 2 aliphatic heterocycles. The van der Waals surface area contributed by atoms with Gasteiger partial charge in [-0.1, -0.05) is 49.5 Å². The van der Waals surface area contributed by atoms with E-state index in [4.69, 9.17) is 23.2 Å². The second-order valence-electron chi connectivity index (χ2n) is 7.39. The molecule has 3 rings (SSSR count). The van der Waals surface area contributed by atoms with Crippen molar-refractivity contribution in [2.75, 3.05) is 20.1 Å². The van der Waals surface area contributed by atoms with Gasteiger partial charge in [0, 0.05) is 20.1 Å². The molecule has 0 aliphatic carbocycles. The van der Waals surface area contributed by atoms with Gasteiger partial charge in [-0.15, -0.1) is 0 Å². The first-order chi connectivity index (χ1) is 12.6. The highest BCUT2D eigenvalue weighted by Crippen LogP contribution is 2.37. The molecular weight excluding hydrogens is 409 g/mol. The van der Waals surface area contributed by atoms with Gasteiger partial charge in [-0.05, 0) is 30.9 Å². The van der Waals surface area contributed by atoms with Crippen molar-refractivity contribution >= 4 is 39.1 Å². The fourth-order valence-corrected chi connectivity index (χ4v) is 6.06. The number of sulfonamides is 1. The molecule has 27 heavy (non-hydrogen) atoms. The van der Waals surface area contributed by atoms with Crippen LogP contribution >= 0.6 is 23.2 Å². The van der Waals surface area contributed by atoms with E-state index in [1.165, 1.54) is 10.4 Å². The Kier molecular flexibility index (Phi) is 5.81. The average molecular weight is 434 g/mol. The Morgan fingerprint density at radius 1 is 1.30 bits per heavy atom. The summed E-state index contributed by atoms with van der Waals surface area (Å²) in [6, 6.07) is 4.39. The number of likely N-dealkylation sites (N-methyl/N-ethyl adjacent to an activating group) is 1. The third-order valence-corrected chi connectivity index (χ3v) is 8.83. The number of carbonyl (C=O) groups is 1. The van der Waals surface area contributed by atoms with Crippen LogP contribution in [-0.4, -0.2) is 55.4 Å². The first-order valence-electron chi connectivity index (χ1n) is 9.13. The molecule has 0 saturated carbocycles. The molecular formula is C18H25Cl2N3O3S. The van der Waals surface area contributed by atoms with E-state index in [-0.39, 0.29) is 32.8 Å². The van der Waals surface area contributed by atoms with Crippen molar-refractivity contribution < 1.29 is 13.2 Å². The van der Waals surface area contributed by atoms with Crippen molar-refractivity contribution in [1.29, 1.82) is 0 Å². The quantitative estimate of drug-likeness (QED) is 0.791. The first-order valence-corrected chi connectivity index (χ1v) is 11.3. The number of carbonyl (C=O) groups excluding carboxylic acids is 1. The van der Waals surface area contributed by atoms with E-state index in [2.05, 4.69) is 19.2 Å². The number of rotatable bonds is 4. The van der Waals surface area contributed by atoms with Crippen molar-refractivity contribution in [3.05, 3.63) is 28.2 Å².